The van der Waals surface area contributed by atoms with Crippen LogP contribution in [0.15, 0.2) is 77.3 Å². The van der Waals surface area contributed by atoms with Crippen LogP contribution in [0.3, 0.4) is 0 Å². The highest BCUT2D eigenvalue weighted by molar-refractivity contribution is 6.13. The predicted octanol–water partition coefficient (Wildman–Crippen LogP) is 6.83. The number of nitriles is 1. The van der Waals surface area contributed by atoms with Gasteiger partial charge in [-0.3, -0.25) is 4.39 Å². The van der Waals surface area contributed by atoms with Gasteiger partial charge in [0.1, 0.15) is 18.2 Å². The largest absolute Gasteiger partial charge is 0.454 e. The minimum absolute atomic E-state index is 0.320. The van der Waals surface area contributed by atoms with Crippen LogP contribution in [0.4, 0.5) is 4.39 Å². The molecule has 0 saturated carbocycles. The van der Waals surface area contributed by atoms with E-state index in [1.807, 2.05) is 61.8 Å². The van der Waals surface area contributed by atoms with Crippen LogP contribution in [0.25, 0.3) is 44.3 Å². The van der Waals surface area contributed by atoms with E-state index in [9.17, 15) is 9.65 Å². The number of halogens is 1. The fraction of sp³-hybridized carbons (Fsp3) is 0.172. The maximum Gasteiger partial charge on any atom is 0.216 e. The first-order valence-electron chi connectivity index (χ1n) is 11.1. The molecule has 2 aromatic heterocycles. The van der Waals surface area contributed by atoms with Gasteiger partial charge < -0.3 is 4.42 Å². The number of pyridine rings is 1. The van der Waals surface area contributed by atoms with Crippen molar-refractivity contribution in [3.63, 3.8) is 0 Å². The minimum Gasteiger partial charge on any atom is -0.454 e. The van der Waals surface area contributed by atoms with Crippen LogP contribution in [-0.2, 0) is 13.5 Å². The number of furan rings is 1. The van der Waals surface area contributed by atoms with Crippen molar-refractivity contribution in [2.75, 3.05) is 6.67 Å². The number of alkyl halides is 1. The van der Waals surface area contributed by atoms with Crippen molar-refractivity contribution in [3.05, 3.63) is 89.6 Å². The molecule has 5 aromatic rings. The van der Waals surface area contributed by atoms with Gasteiger partial charge in [0.05, 0.1) is 23.9 Å². The molecule has 0 amide bonds. The third-order valence-electron chi connectivity index (χ3n) is 6.29. The lowest BCUT2D eigenvalue weighted by Crippen LogP contribution is -2.30. The van der Waals surface area contributed by atoms with Crippen LogP contribution in [0.1, 0.15) is 23.1 Å². The van der Waals surface area contributed by atoms with Crippen molar-refractivity contribution in [1.82, 2.24) is 0 Å². The maximum absolute atomic E-state index is 12.6. The average Bonchev–Trinajstić information content (AvgIpc) is 3.21. The highest BCUT2D eigenvalue weighted by atomic mass is 19.1. The van der Waals surface area contributed by atoms with E-state index in [4.69, 9.17) is 4.42 Å². The van der Waals surface area contributed by atoms with Crippen molar-refractivity contribution in [1.29, 1.82) is 5.26 Å². The van der Waals surface area contributed by atoms with E-state index >= 15 is 0 Å². The lowest BCUT2D eigenvalue weighted by molar-refractivity contribution is -0.660. The second-order valence-corrected chi connectivity index (χ2v) is 8.40. The number of benzene rings is 3. The molecule has 0 radical (unpaired) electrons. The lowest BCUT2D eigenvalue weighted by Gasteiger charge is -2.07. The standard InChI is InChI=1S/C29H24FN2O/c1-19-8-14-23-24-15-13-22(18-31)27(21-11-9-20(10-12-21)6-5-16-30)29(24)33-28(23)26(19)25-7-3-4-17-32(25)2/h3-4,7-15,17H,5-6,16H2,1-2H3/q+1. The third kappa shape index (κ3) is 3.56. The van der Waals surface area contributed by atoms with E-state index in [1.165, 1.54) is 0 Å². The Kier molecular flexibility index (Phi) is 5.40. The van der Waals surface area contributed by atoms with Gasteiger partial charge in [-0.2, -0.15) is 5.26 Å². The molecule has 4 heteroatoms. The molecule has 0 unspecified atom stereocenters. The molecular weight excluding hydrogens is 411 g/mol. The zero-order chi connectivity index (χ0) is 22.9. The van der Waals surface area contributed by atoms with Crippen molar-refractivity contribution < 1.29 is 13.4 Å². The number of rotatable bonds is 5. The Labute approximate surface area is 192 Å². The van der Waals surface area contributed by atoms with Crippen molar-refractivity contribution >= 4 is 21.9 Å². The van der Waals surface area contributed by atoms with Crippen LogP contribution in [0, 0.1) is 18.3 Å². The van der Waals surface area contributed by atoms with E-state index in [0.717, 1.165) is 49.9 Å². The predicted molar refractivity (Wildman–Crippen MR) is 130 cm³/mol. The minimum atomic E-state index is -0.320. The second kappa shape index (κ2) is 8.52. The Morgan fingerprint density at radius 2 is 1.64 bits per heavy atom. The fourth-order valence-corrected chi connectivity index (χ4v) is 4.59. The van der Waals surface area contributed by atoms with Gasteiger partial charge in [0, 0.05) is 28.5 Å². The summed E-state index contributed by atoms with van der Waals surface area (Å²) < 4.78 is 21.2. The molecule has 0 aliphatic heterocycles. The van der Waals surface area contributed by atoms with Gasteiger partial charge >= 0.3 is 0 Å². The number of hydrogen-bond donors (Lipinski definition) is 0. The Hall–Kier alpha value is -3.97. The first-order chi connectivity index (χ1) is 16.1. The van der Waals surface area contributed by atoms with Crippen LogP contribution < -0.4 is 4.57 Å². The van der Waals surface area contributed by atoms with Gasteiger partial charge in [-0.05, 0) is 54.7 Å². The van der Waals surface area contributed by atoms with Crippen molar-refractivity contribution in [2.24, 2.45) is 7.05 Å². The molecule has 0 atom stereocenters. The van der Waals surface area contributed by atoms with E-state index in [0.29, 0.717) is 24.0 Å². The molecule has 2 heterocycles. The number of nitrogens with zero attached hydrogens (tertiary/aromatic N) is 2. The third-order valence-corrected chi connectivity index (χ3v) is 6.29. The maximum atomic E-state index is 12.6. The molecule has 0 N–H and O–H groups in total. The average molecular weight is 436 g/mol. The van der Waals surface area contributed by atoms with Crippen molar-refractivity contribution in [3.8, 4) is 28.5 Å². The van der Waals surface area contributed by atoms with Gasteiger partial charge in [0.2, 0.25) is 5.69 Å². The first kappa shape index (κ1) is 20.9. The van der Waals surface area contributed by atoms with Crippen LogP contribution in [-0.4, -0.2) is 6.67 Å². The Bertz CT molecular complexity index is 1520. The van der Waals surface area contributed by atoms with Crippen molar-refractivity contribution in [2.45, 2.75) is 19.8 Å². The molecule has 0 fully saturated rings. The highest BCUT2D eigenvalue weighted by Crippen LogP contribution is 2.41. The quantitative estimate of drug-likeness (QED) is 0.284. The summed E-state index contributed by atoms with van der Waals surface area (Å²) >= 11 is 0. The summed E-state index contributed by atoms with van der Waals surface area (Å²) in [7, 11) is 2.03. The second-order valence-electron chi connectivity index (χ2n) is 8.40. The topological polar surface area (TPSA) is 40.8 Å². The highest BCUT2D eigenvalue weighted by Gasteiger charge is 2.22. The zero-order valence-electron chi connectivity index (χ0n) is 18.7. The van der Waals surface area contributed by atoms with Gasteiger partial charge in [0.25, 0.3) is 0 Å². The Morgan fingerprint density at radius 1 is 0.909 bits per heavy atom. The first-order valence-corrected chi connectivity index (χ1v) is 11.1. The monoisotopic (exact) mass is 435 g/mol. The molecule has 3 nitrogen and oxygen atoms in total. The number of aromatic nitrogens is 1. The van der Waals surface area contributed by atoms with Gasteiger partial charge in [0.15, 0.2) is 6.20 Å². The van der Waals surface area contributed by atoms with Gasteiger partial charge in [-0.1, -0.05) is 36.4 Å². The Morgan fingerprint density at radius 3 is 2.33 bits per heavy atom. The van der Waals surface area contributed by atoms with E-state index < -0.39 is 0 Å². The molecule has 0 aliphatic rings. The summed E-state index contributed by atoms with van der Waals surface area (Å²) in [5.74, 6) is 0. The molecule has 33 heavy (non-hydrogen) atoms. The molecular formula is C29H24FN2O+. The number of aryl methyl sites for hydroxylation is 3. The van der Waals surface area contributed by atoms with Gasteiger partial charge in [-0.25, -0.2) is 4.57 Å². The molecule has 0 aliphatic carbocycles. The fourth-order valence-electron chi connectivity index (χ4n) is 4.59. The van der Waals surface area contributed by atoms with Crippen LogP contribution >= 0.6 is 0 Å². The SMILES string of the molecule is Cc1ccc2c(oc3c(-c4ccc(CCCF)cc4)c(C#N)ccc32)c1-c1cccc[n+]1C. The van der Waals surface area contributed by atoms with Gasteiger partial charge in [-0.15, -0.1) is 0 Å². The van der Waals surface area contributed by atoms with E-state index in [2.05, 4.69) is 35.8 Å². The summed E-state index contributed by atoms with van der Waals surface area (Å²) in [6.07, 6.45) is 3.24. The van der Waals surface area contributed by atoms with Crippen LogP contribution in [0.5, 0.6) is 0 Å². The summed E-state index contributed by atoms with van der Waals surface area (Å²) in [5.41, 5.74) is 8.16. The van der Waals surface area contributed by atoms with E-state index in [1.54, 1.807) is 0 Å². The normalized spacial score (nSPS) is 11.2. The molecule has 3 aromatic carbocycles. The van der Waals surface area contributed by atoms with Crippen LogP contribution in [0.2, 0.25) is 0 Å². The molecule has 0 bridgehead atoms. The zero-order valence-corrected chi connectivity index (χ0v) is 18.7. The summed E-state index contributed by atoms with van der Waals surface area (Å²) in [6, 6.07) is 24.5. The summed E-state index contributed by atoms with van der Waals surface area (Å²) in [4.78, 5) is 0. The summed E-state index contributed by atoms with van der Waals surface area (Å²) in [6.45, 7) is 1.77. The smallest absolute Gasteiger partial charge is 0.216 e. The number of hydrogen-bond acceptors (Lipinski definition) is 2. The lowest BCUT2D eigenvalue weighted by atomic mass is 9.95. The molecule has 5 rings (SSSR count). The molecule has 0 spiro atoms. The summed E-state index contributed by atoms with van der Waals surface area (Å²) in [5, 5.41) is 11.9. The molecule has 0 saturated heterocycles. The number of fused-ring (bicyclic) bond motifs is 3. The van der Waals surface area contributed by atoms with E-state index in [-0.39, 0.29) is 6.67 Å². The Balaban J connectivity index is 1.78. The molecule has 162 valence electrons.